The third-order valence-corrected chi connectivity index (χ3v) is 6.35. The van der Waals surface area contributed by atoms with Crippen LogP contribution in [0.3, 0.4) is 0 Å². The highest BCUT2D eigenvalue weighted by molar-refractivity contribution is 5.80. The van der Waals surface area contributed by atoms with Crippen LogP contribution in [-0.2, 0) is 4.79 Å². The molecule has 0 bridgehead atoms. The predicted octanol–water partition coefficient (Wildman–Crippen LogP) is 1.76. The van der Waals surface area contributed by atoms with E-state index in [1.807, 2.05) is 12.1 Å². The fourth-order valence-electron chi connectivity index (χ4n) is 4.64. The molecule has 3 N–H and O–H groups in total. The summed E-state index contributed by atoms with van der Waals surface area (Å²) in [4.78, 5) is 23.5. The van der Waals surface area contributed by atoms with E-state index < -0.39 is 0 Å². The van der Waals surface area contributed by atoms with Crippen LogP contribution >= 0.6 is 0 Å². The number of primary amides is 1. The Morgan fingerprint density at radius 3 is 2.59 bits per heavy atom. The van der Waals surface area contributed by atoms with Crippen LogP contribution in [0.4, 0.5) is 5.69 Å². The molecule has 2 heterocycles. The monoisotopic (exact) mass is 444 g/mol. The summed E-state index contributed by atoms with van der Waals surface area (Å²) in [6.07, 6.45) is 3.68. The highest BCUT2D eigenvalue weighted by atomic mass is 16.5. The minimum atomic E-state index is -0.203. The zero-order valence-electron chi connectivity index (χ0n) is 19.8. The molecule has 178 valence electrons. The number of amides is 1. The number of guanidine groups is 1. The fourth-order valence-corrected chi connectivity index (χ4v) is 4.64. The number of ether oxygens (including phenoxy) is 1. The molecular formula is C24H40N6O2. The van der Waals surface area contributed by atoms with E-state index in [9.17, 15) is 4.79 Å². The van der Waals surface area contributed by atoms with Gasteiger partial charge < -0.3 is 25.6 Å². The summed E-state index contributed by atoms with van der Waals surface area (Å²) in [5.74, 6) is 2.02. The molecule has 8 heteroatoms. The molecule has 0 saturated carbocycles. The number of benzene rings is 1. The van der Waals surface area contributed by atoms with Crippen molar-refractivity contribution in [2.45, 2.75) is 32.6 Å². The quantitative estimate of drug-likeness (QED) is 0.343. The largest absolute Gasteiger partial charge is 0.497 e. The van der Waals surface area contributed by atoms with Gasteiger partial charge in [0, 0.05) is 71.0 Å². The smallest absolute Gasteiger partial charge is 0.217 e. The zero-order chi connectivity index (χ0) is 22.8. The summed E-state index contributed by atoms with van der Waals surface area (Å²) in [5.41, 5.74) is 6.68. The molecule has 1 amide bonds. The molecule has 1 unspecified atom stereocenters. The van der Waals surface area contributed by atoms with E-state index in [0.717, 1.165) is 89.9 Å². The standard InChI is InChI=1S/C24H40N6O2/c1-3-26-24(30-13-4-6-20(19-30)18-23(25)31)27-11-5-12-28-14-16-29(17-15-28)21-7-9-22(32-2)10-8-21/h7-10,20H,3-6,11-19H2,1-2H3,(H2,25,31)(H,26,27). The third kappa shape index (κ3) is 7.29. The predicted molar refractivity (Wildman–Crippen MR) is 130 cm³/mol. The van der Waals surface area contributed by atoms with Gasteiger partial charge in [0.15, 0.2) is 5.96 Å². The lowest BCUT2D eigenvalue weighted by Gasteiger charge is -2.36. The van der Waals surface area contributed by atoms with Crippen molar-refractivity contribution in [2.24, 2.45) is 16.6 Å². The van der Waals surface area contributed by atoms with Gasteiger partial charge in [-0.2, -0.15) is 0 Å². The van der Waals surface area contributed by atoms with Gasteiger partial charge in [-0.25, -0.2) is 0 Å². The first-order valence-electron chi connectivity index (χ1n) is 12.0. The van der Waals surface area contributed by atoms with E-state index in [-0.39, 0.29) is 5.91 Å². The van der Waals surface area contributed by atoms with E-state index in [4.69, 9.17) is 15.5 Å². The summed E-state index contributed by atoms with van der Waals surface area (Å²) in [6.45, 7) is 11.0. The maximum absolute atomic E-state index is 11.3. The molecule has 8 nitrogen and oxygen atoms in total. The highest BCUT2D eigenvalue weighted by Crippen LogP contribution is 2.21. The first-order chi connectivity index (χ1) is 15.6. The van der Waals surface area contributed by atoms with E-state index >= 15 is 0 Å². The second-order valence-electron chi connectivity index (χ2n) is 8.74. The van der Waals surface area contributed by atoms with Gasteiger partial charge in [0.2, 0.25) is 5.91 Å². The van der Waals surface area contributed by atoms with Crippen LogP contribution in [-0.4, -0.2) is 87.7 Å². The van der Waals surface area contributed by atoms with Crippen LogP contribution in [0.25, 0.3) is 0 Å². The lowest BCUT2D eigenvalue weighted by atomic mass is 9.95. The number of likely N-dealkylation sites (tertiary alicyclic amines) is 1. The molecule has 0 spiro atoms. The first-order valence-corrected chi connectivity index (χ1v) is 12.0. The number of carbonyl (C=O) groups excluding carboxylic acids is 1. The molecule has 3 rings (SSSR count). The van der Waals surface area contributed by atoms with Gasteiger partial charge in [-0.1, -0.05) is 0 Å². The third-order valence-electron chi connectivity index (χ3n) is 6.35. The van der Waals surface area contributed by atoms with Crippen molar-refractivity contribution >= 4 is 17.6 Å². The van der Waals surface area contributed by atoms with Crippen molar-refractivity contribution in [2.75, 3.05) is 70.9 Å². The van der Waals surface area contributed by atoms with Gasteiger partial charge in [0.05, 0.1) is 7.11 Å². The van der Waals surface area contributed by atoms with E-state index in [2.05, 4.69) is 39.1 Å². The summed E-state index contributed by atoms with van der Waals surface area (Å²) in [7, 11) is 1.70. The van der Waals surface area contributed by atoms with Gasteiger partial charge in [0.25, 0.3) is 0 Å². The molecular weight excluding hydrogens is 404 g/mol. The highest BCUT2D eigenvalue weighted by Gasteiger charge is 2.23. The number of piperidine rings is 1. The van der Waals surface area contributed by atoms with Crippen LogP contribution < -0.4 is 20.7 Å². The maximum atomic E-state index is 11.3. The number of piperazine rings is 1. The number of aliphatic imine (C=N–C) groups is 1. The lowest BCUT2D eigenvalue weighted by molar-refractivity contribution is -0.119. The topological polar surface area (TPSA) is 86.4 Å². The molecule has 2 aliphatic heterocycles. The van der Waals surface area contributed by atoms with Crippen LogP contribution in [0, 0.1) is 5.92 Å². The van der Waals surface area contributed by atoms with Gasteiger partial charge in [0.1, 0.15) is 5.75 Å². The minimum Gasteiger partial charge on any atom is -0.497 e. The maximum Gasteiger partial charge on any atom is 0.217 e. The molecule has 2 saturated heterocycles. The minimum absolute atomic E-state index is 0.203. The Hall–Kier alpha value is -2.48. The number of nitrogens with one attached hydrogen (secondary N) is 1. The Morgan fingerprint density at radius 1 is 1.19 bits per heavy atom. The van der Waals surface area contributed by atoms with Crippen molar-refractivity contribution in [3.63, 3.8) is 0 Å². The number of methoxy groups -OCH3 is 1. The van der Waals surface area contributed by atoms with Crippen molar-refractivity contribution < 1.29 is 9.53 Å². The summed E-state index contributed by atoms with van der Waals surface area (Å²) in [5, 5.41) is 3.43. The van der Waals surface area contributed by atoms with E-state index in [0.29, 0.717) is 12.3 Å². The van der Waals surface area contributed by atoms with Crippen molar-refractivity contribution in [3.05, 3.63) is 24.3 Å². The van der Waals surface area contributed by atoms with Crippen LogP contribution in [0.1, 0.15) is 32.6 Å². The summed E-state index contributed by atoms with van der Waals surface area (Å²) < 4.78 is 5.26. The average Bonchev–Trinajstić information content (AvgIpc) is 2.81. The number of hydrogen-bond acceptors (Lipinski definition) is 5. The zero-order valence-corrected chi connectivity index (χ0v) is 19.8. The Morgan fingerprint density at radius 2 is 1.94 bits per heavy atom. The van der Waals surface area contributed by atoms with E-state index in [1.165, 1.54) is 5.69 Å². The average molecular weight is 445 g/mol. The van der Waals surface area contributed by atoms with Gasteiger partial charge in [-0.15, -0.1) is 0 Å². The SMILES string of the molecule is CCNC(=NCCCN1CCN(c2ccc(OC)cc2)CC1)N1CCCC(CC(N)=O)C1. The number of hydrogen-bond donors (Lipinski definition) is 2. The van der Waals surface area contributed by atoms with Crippen molar-refractivity contribution in [1.82, 2.24) is 15.1 Å². The molecule has 32 heavy (non-hydrogen) atoms. The van der Waals surface area contributed by atoms with Crippen molar-refractivity contribution in [1.29, 1.82) is 0 Å². The molecule has 1 aromatic carbocycles. The molecule has 1 atom stereocenters. The second kappa shape index (κ2) is 12.5. The van der Waals surface area contributed by atoms with Crippen LogP contribution in [0.15, 0.2) is 29.3 Å². The molecule has 1 aromatic rings. The molecule has 0 aromatic heterocycles. The fraction of sp³-hybridized carbons (Fsp3) is 0.667. The molecule has 2 fully saturated rings. The lowest BCUT2D eigenvalue weighted by Crippen LogP contribution is -2.47. The Kier molecular flexibility index (Phi) is 9.46. The molecule has 0 radical (unpaired) electrons. The number of nitrogens with zero attached hydrogens (tertiary/aromatic N) is 4. The Bertz CT molecular complexity index is 731. The van der Waals surface area contributed by atoms with Gasteiger partial charge in [-0.05, 0) is 56.4 Å². The van der Waals surface area contributed by atoms with Gasteiger partial charge >= 0.3 is 0 Å². The second-order valence-corrected chi connectivity index (χ2v) is 8.74. The number of nitrogens with two attached hydrogens (primary N) is 1. The van der Waals surface area contributed by atoms with E-state index in [1.54, 1.807) is 7.11 Å². The summed E-state index contributed by atoms with van der Waals surface area (Å²) in [6, 6.07) is 8.33. The number of rotatable bonds is 9. The number of carbonyl (C=O) groups is 1. The Labute approximate surface area is 192 Å². The molecule has 0 aliphatic carbocycles. The van der Waals surface area contributed by atoms with Crippen LogP contribution in [0.5, 0.6) is 5.75 Å². The summed E-state index contributed by atoms with van der Waals surface area (Å²) >= 11 is 0. The van der Waals surface area contributed by atoms with Crippen LogP contribution in [0.2, 0.25) is 0 Å². The molecule has 2 aliphatic rings. The Balaban J connectivity index is 1.41. The first kappa shape index (κ1) is 24.2. The van der Waals surface area contributed by atoms with Crippen molar-refractivity contribution in [3.8, 4) is 5.75 Å². The number of anilines is 1. The van der Waals surface area contributed by atoms with Gasteiger partial charge in [-0.3, -0.25) is 14.7 Å². The normalized spacial score (nSPS) is 20.3.